The third kappa shape index (κ3) is 7.71. The van der Waals surface area contributed by atoms with E-state index in [1.165, 1.54) is 19.3 Å². The molecule has 1 unspecified atom stereocenters. The Morgan fingerprint density at radius 1 is 1.04 bits per heavy atom. The maximum Gasteiger partial charge on any atom is 0.330 e. The summed E-state index contributed by atoms with van der Waals surface area (Å²) >= 11 is 0. The first-order valence-corrected chi connectivity index (χ1v) is 9.08. The van der Waals surface area contributed by atoms with Crippen LogP contribution in [-0.4, -0.2) is 34.7 Å². The van der Waals surface area contributed by atoms with E-state index in [2.05, 4.69) is 13.5 Å². The predicted octanol–water partition coefficient (Wildman–Crippen LogP) is 4.04. The topological polar surface area (TPSA) is 101 Å². The van der Waals surface area contributed by atoms with Crippen molar-refractivity contribution in [3.63, 3.8) is 0 Å². The van der Waals surface area contributed by atoms with E-state index in [1.54, 1.807) is 6.92 Å². The summed E-state index contributed by atoms with van der Waals surface area (Å²) in [5.74, 6) is -4.01. The van der Waals surface area contributed by atoms with Crippen LogP contribution < -0.4 is 0 Å². The molecule has 0 aromatic heterocycles. The van der Waals surface area contributed by atoms with E-state index in [-0.39, 0.29) is 13.0 Å². The van der Waals surface area contributed by atoms with E-state index >= 15 is 0 Å². The van der Waals surface area contributed by atoms with Gasteiger partial charge in [0.1, 0.15) is 0 Å². The summed E-state index contributed by atoms with van der Waals surface area (Å²) in [5, 5.41) is 19.1. The zero-order chi connectivity index (χ0) is 19.3. The largest absolute Gasteiger partial charge is 0.480 e. The molecule has 6 heteroatoms. The normalized spacial score (nSPS) is 12.4. The molecule has 0 bridgehead atoms. The van der Waals surface area contributed by atoms with Crippen molar-refractivity contribution in [2.45, 2.75) is 71.6 Å². The molecular formula is C19H32O6. The number of carboxylic acids is 2. The first-order chi connectivity index (χ1) is 11.8. The third-order valence-electron chi connectivity index (χ3n) is 4.75. The fraction of sp³-hybridized carbons (Fsp3) is 0.737. The zero-order valence-electron chi connectivity index (χ0n) is 15.5. The van der Waals surface area contributed by atoms with Crippen LogP contribution in [0.1, 0.15) is 71.6 Å². The molecule has 0 heterocycles. The molecule has 0 aliphatic heterocycles. The summed E-state index contributed by atoms with van der Waals surface area (Å²) in [4.78, 5) is 34.5. The third-order valence-corrected chi connectivity index (χ3v) is 4.75. The quantitative estimate of drug-likeness (QED) is 0.199. The number of hydrogen-bond donors (Lipinski definition) is 2. The number of carbonyl (C=O) groups is 3. The van der Waals surface area contributed by atoms with Gasteiger partial charge in [-0.1, -0.05) is 65.4 Å². The van der Waals surface area contributed by atoms with E-state index < -0.39 is 29.2 Å². The van der Waals surface area contributed by atoms with Gasteiger partial charge in [-0.2, -0.15) is 0 Å². The van der Waals surface area contributed by atoms with E-state index in [9.17, 15) is 24.6 Å². The molecule has 0 saturated heterocycles. The van der Waals surface area contributed by atoms with Gasteiger partial charge in [0.2, 0.25) is 0 Å². The molecule has 0 saturated carbocycles. The van der Waals surface area contributed by atoms with Gasteiger partial charge in [-0.05, 0) is 12.3 Å². The predicted molar refractivity (Wildman–Crippen MR) is 95.3 cm³/mol. The average molecular weight is 356 g/mol. The standard InChI is InChI=1S/C19H32O6/c1-4-6-7-8-9-10-11-12-15(3)19(17(21)22,18(23)24)13-14-25-16(20)5-2/h5,15H,2,4,6-14H2,1,3H3,(H,21,22)(H,23,24). The minimum Gasteiger partial charge on any atom is -0.480 e. The highest BCUT2D eigenvalue weighted by molar-refractivity contribution is 5.98. The summed E-state index contributed by atoms with van der Waals surface area (Å²) in [6.45, 7) is 6.80. The van der Waals surface area contributed by atoms with Crippen molar-refractivity contribution in [1.82, 2.24) is 0 Å². The fourth-order valence-corrected chi connectivity index (χ4v) is 3.00. The van der Waals surface area contributed by atoms with Crippen LogP contribution in [0.2, 0.25) is 0 Å². The van der Waals surface area contributed by atoms with Crippen molar-refractivity contribution in [2.75, 3.05) is 6.61 Å². The lowest BCUT2D eigenvalue weighted by Gasteiger charge is -2.31. The number of carboxylic acid groups (broad SMARTS) is 2. The van der Waals surface area contributed by atoms with Crippen molar-refractivity contribution in [3.8, 4) is 0 Å². The number of aliphatic carboxylic acids is 2. The molecule has 25 heavy (non-hydrogen) atoms. The summed E-state index contributed by atoms with van der Waals surface area (Å²) in [7, 11) is 0. The van der Waals surface area contributed by atoms with Gasteiger partial charge < -0.3 is 14.9 Å². The van der Waals surface area contributed by atoms with Gasteiger partial charge in [0.15, 0.2) is 5.41 Å². The fourth-order valence-electron chi connectivity index (χ4n) is 3.00. The van der Waals surface area contributed by atoms with Crippen LogP contribution in [-0.2, 0) is 19.1 Å². The Morgan fingerprint density at radius 3 is 2.04 bits per heavy atom. The molecule has 0 amide bonds. The highest BCUT2D eigenvalue weighted by Crippen LogP contribution is 2.36. The van der Waals surface area contributed by atoms with Gasteiger partial charge in [0.25, 0.3) is 0 Å². The molecule has 0 spiro atoms. The van der Waals surface area contributed by atoms with Gasteiger partial charge in [-0.3, -0.25) is 9.59 Å². The van der Waals surface area contributed by atoms with E-state index in [0.717, 1.165) is 31.8 Å². The minimum absolute atomic E-state index is 0.255. The van der Waals surface area contributed by atoms with Gasteiger partial charge in [0, 0.05) is 12.5 Å². The number of ether oxygens (including phenoxy) is 1. The second kappa shape index (κ2) is 12.5. The molecule has 0 aromatic rings. The van der Waals surface area contributed by atoms with Crippen molar-refractivity contribution in [1.29, 1.82) is 0 Å². The molecule has 0 aromatic carbocycles. The molecule has 0 aliphatic carbocycles. The molecule has 0 fully saturated rings. The SMILES string of the molecule is C=CC(=O)OCCC(C(=O)O)(C(=O)O)C(C)CCCCCCCCC. The van der Waals surface area contributed by atoms with Crippen LogP contribution in [0.3, 0.4) is 0 Å². The Kier molecular flexibility index (Phi) is 11.6. The second-order valence-corrected chi connectivity index (χ2v) is 6.51. The number of esters is 1. The monoisotopic (exact) mass is 356 g/mol. The van der Waals surface area contributed by atoms with Gasteiger partial charge in [0.05, 0.1) is 6.61 Å². The maximum absolute atomic E-state index is 11.7. The van der Waals surface area contributed by atoms with E-state index in [0.29, 0.717) is 6.42 Å². The first-order valence-electron chi connectivity index (χ1n) is 9.08. The summed E-state index contributed by atoms with van der Waals surface area (Å²) in [6.07, 6.45) is 8.83. The van der Waals surface area contributed by atoms with E-state index in [4.69, 9.17) is 4.74 Å². The van der Waals surface area contributed by atoms with Crippen molar-refractivity contribution in [2.24, 2.45) is 11.3 Å². The molecule has 144 valence electrons. The van der Waals surface area contributed by atoms with Crippen LogP contribution in [0, 0.1) is 11.3 Å². The van der Waals surface area contributed by atoms with Crippen molar-refractivity contribution in [3.05, 3.63) is 12.7 Å². The smallest absolute Gasteiger partial charge is 0.330 e. The number of carbonyl (C=O) groups excluding carboxylic acids is 1. The number of hydrogen-bond acceptors (Lipinski definition) is 4. The highest BCUT2D eigenvalue weighted by Gasteiger charge is 2.50. The lowest BCUT2D eigenvalue weighted by molar-refractivity contribution is -0.172. The number of unbranched alkanes of at least 4 members (excludes halogenated alkanes) is 6. The Bertz CT molecular complexity index is 429. The molecular weight excluding hydrogens is 324 g/mol. The Balaban J connectivity index is 4.63. The second-order valence-electron chi connectivity index (χ2n) is 6.51. The van der Waals surface area contributed by atoms with Crippen LogP contribution in [0.5, 0.6) is 0 Å². The summed E-state index contributed by atoms with van der Waals surface area (Å²) in [5.41, 5.74) is -1.94. The Hall–Kier alpha value is -1.85. The van der Waals surface area contributed by atoms with Crippen molar-refractivity contribution < 1.29 is 29.3 Å². The van der Waals surface area contributed by atoms with Crippen LogP contribution in [0.25, 0.3) is 0 Å². The van der Waals surface area contributed by atoms with E-state index in [1.807, 2.05) is 0 Å². The summed E-state index contributed by atoms with van der Waals surface area (Å²) < 4.78 is 4.79. The lowest BCUT2D eigenvalue weighted by Crippen LogP contribution is -2.45. The van der Waals surface area contributed by atoms with Crippen molar-refractivity contribution >= 4 is 17.9 Å². The van der Waals surface area contributed by atoms with Gasteiger partial charge in [-0.25, -0.2) is 4.79 Å². The highest BCUT2D eigenvalue weighted by atomic mass is 16.5. The zero-order valence-corrected chi connectivity index (χ0v) is 15.5. The summed E-state index contributed by atoms with van der Waals surface area (Å²) in [6, 6.07) is 0. The lowest BCUT2D eigenvalue weighted by atomic mass is 9.71. The minimum atomic E-state index is -1.94. The van der Waals surface area contributed by atoms with Gasteiger partial charge >= 0.3 is 17.9 Å². The van der Waals surface area contributed by atoms with Crippen LogP contribution in [0.4, 0.5) is 0 Å². The molecule has 2 N–H and O–H groups in total. The van der Waals surface area contributed by atoms with Gasteiger partial charge in [-0.15, -0.1) is 0 Å². The molecule has 0 rings (SSSR count). The molecule has 6 nitrogen and oxygen atoms in total. The number of rotatable bonds is 15. The maximum atomic E-state index is 11.7. The molecule has 1 atom stereocenters. The average Bonchev–Trinajstić information content (AvgIpc) is 2.56. The molecule has 0 aliphatic rings. The Labute approximate surface area is 150 Å². The first kappa shape index (κ1) is 23.1. The molecule has 0 radical (unpaired) electrons. The van der Waals surface area contributed by atoms with Crippen LogP contribution in [0.15, 0.2) is 12.7 Å². The Morgan fingerprint density at radius 2 is 1.56 bits per heavy atom. The van der Waals surface area contributed by atoms with Crippen LogP contribution >= 0.6 is 0 Å².